The molecule has 46 heavy (non-hydrogen) atoms. The van der Waals surface area contributed by atoms with Gasteiger partial charge in [-0.15, -0.1) is 0 Å². The molecule has 1 atom stereocenters. The van der Waals surface area contributed by atoms with Crippen LogP contribution in [0.2, 0.25) is 5.02 Å². The molecular formula is C35H39ClFN5O4. The van der Waals surface area contributed by atoms with E-state index in [1.807, 2.05) is 30.3 Å². The number of ether oxygens (including phenoxy) is 3. The van der Waals surface area contributed by atoms with Crippen molar-refractivity contribution >= 4 is 34.2 Å². The van der Waals surface area contributed by atoms with E-state index in [9.17, 15) is 9.18 Å². The normalized spacial score (nSPS) is 19.7. The Hall–Kier alpha value is -3.57. The van der Waals surface area contributed by atoms with E-state index in [4.69, 9.17) is 35.8 Å². The Labute approximate surface area is 273 Å². The van der Waals surface area contributed by atoms with Gasteiger partial charge in [-0.05, 0) is 81.6 Å². The maximum Gasteiger partial charge on any atom is 0.227 e. The summed E-state index contributed by atoms with van der Waals surface area (Å²) in [7, 11) is 0. The number of piperidine rings is 1. The third kappa shape index (κ3) is 7.20. The van der Waals surface area contributed by atoms with Crippen LogP contribution in [0, 0.1) is 11.7 Å². The summed E-state index contributed by atoms with van der Waals surface area (Å²) in [5, 5.41) is 3.47. The van der Waals surface area contributed by atoms with Crippen LogP contribution in [0.25, 0.3) is 11.0 Å². The van der Waals surface area contributed by atoms with Crippen molar-refractivity contribution in [2.24, 2.45) is 5.92 Å². The van der Waals surface area contributed by atoms with Gasteiger partial charge in [0.05, 0.1) is 30.2 Å². The molecule has 3 fully saturated rings. The van der Waals surface area contributed by atoms with Crippen molar-refractivity contribution < 1.29 is 23.4 Å². The molecule has 0 unspecified atom stereocenters. The molecule has 0 radical (unpaired) electrons. The van der Waals surface area contributed by atoms with Gasteiger partial charge in [-0.3, -0.25) is 9.69 Å². The number of aromatic nitrogens is 3. The second kappa shape index (κ2) is 14.0. The predicted octanol–water partition coefficient (Wildman–Crippen LogP) is 6.34. The zero-order valence-corrected chi connectivity index (χ0v) is 26.6. The summed E-state index contributed by atoms with van der Waals surface area (Å²) >= 11 is 5.87. The fourth-order valence-corrected chi connectivity index (χ4v) is 6.69. The summed E-state index contributed by atoms with van der Waals surface area (Å²) in [4.78, 5) is 25.1. The van der Waals surface area contributed by atoms with Crippen LogP contribution in [0.4, 0.5) is 10.1 Å². The lowest BCUT2D eigenvalue weighted by molar-refractivity contribution is -0.122. The molecule has 3 saturated heterocycles. The molecular weight excluding hydrogens is 609 g/mol. The number of halogens is 2. The number of carbonyl (C=O) groups excluding carboxylic acids is 1. The van der Waals surface area contributed by atoms with E-state index < -0.39 is 0 Å². The lowest BCUT2D eigenvalue weighted by Gasteiger charge is -2.32. The average molecular weight is 648 g/mol. The van der Waals surface area contributed by atoms with Crippen LogP contribution >= 0.6 is 11.6 Å². The van der Waals surface area contributed by atoms with Crippen LogP contribution < -0.4 is 10.1 Å². The summed E-state index contributed by atoms with van der Waals surface area (Å²) in [5.74, 6) is 1.47. The Morgan fingerprint density at radius 2 is 1.83 bits per heavy atom. The molecule has 1 N–H and O–H groups in total. The molecule has 2 aromatic carbocycles. The third-order valence-corrected chi connectivity index (χ3v) is 9.61. The number of benzene rings is 2. The Morgan fingerprint density at radius 3 is 2.59 bits per heavy atom. The summed E-state index contributed by atoms with van der Waals surface area (Å²) in [5.41, 5.74) is 4.16. The lowest BCUT2D eigenvalue weighted by atomic mass is 9.93. The fraction of sp³-hybridized carbons (Fsp3) is 0.457. The number of fused-ring (bicyclic) bond motifs is 1. The molecule has 242 valence electrons. The third-order valence-electron chi connectivity index (χ3n) is 9.37. The predicted molar refractivity (Wildman–Crippen MR) is 173 cm³/mol. The zero-order chi connectivity index (χ0) is 31.5. The number of amides is 1. The number of nitrogens with zero attached hydrogens (tertiary/aromatic N) is 4. The van der Waals surface area contributed by atoms with Crippen LogP contribution in [0.15, 0.2) is 54.6 Å². The first-order valence-electron chi connectivity index (χ1n) is 16.2. The van der Waals surface area contributed by atoms with Gasteiger partial charge in [-0.1, -0.05) is 23.7 Å². The van der Waals surface area contributed by atoms with E-state index >= 15 is 0 Å². The molecule has 2 aromatic heterocycles. The van der Waals surface area contributed by atoms with Gasteiger partial charge in [-0.25, -0.2) is 14.4 Å². The van der Waals surface area contributed by atoms with Crippen molar-refractivity contribution in [3.63, 3.8) is 0 Å². The second-order valence-electron chi connectivity index (χ2n) is 12.5. The number of likely N-dealkylation sites (tertiary alicyclic amines) is 1. The number of carbonyl (C=O) groups is 1. The highest BCUT2D eigenvalue weighted by Gasteiger charge is 2.27. The summed E-state index contributed by atoms with van der Waals surface area (Å²) in [6.45, 7) is 5.52. The van der Waals surface area contributed by atoms with E-state index in [2.05, 4.69) is 20.9 Å². The van der Waals surface area contributed by atoms with Crippen LogP contribution in [0.5, 0.6) is 5.88 Å². The number of pyridine rings is 1. The van der Waals surface area contributed by atoms with E-state index in [0.29, 0.717) is 35.6 Å². The average Bonchev–Trinajstić information content (AvgIpc) is 3.38. The first kappa shape index (κ1) is 31.1. The summed E-state index contributed by atoms with van der Waals surface area (Å²) < 4.78 is 33.5. The maximum atomic E-state index is 14.2. The van der Waals surface area contributed by atoms with Crippen LogP contribution in [-0.4, -0.2) is 64.4 Å². The van der Waals surface area contributed by atoms with E-state index in [1.165, 1.54) is 6.07 Å². The van der Waals surface area contributed by atoms with Crippen LogP contribution in [0.3, 0.4) is 0 Å². The van der Waals surface area contributed by atoms with Gasteiger partial charge >= 0.3 is 0 Å². The number of rotatable bonds is 10. The van der Waals surface area contributed by atoms with Gasteiger partial charge < -0.3 is 24.1 Å². The number of hydrogen-bond donors (Lipinski definition) is 1. The molecule has 9 nitrogen and oxygen atoms in total. The number of nitrogens with one attached hydrogen (secondary N) is 1. The van der Waals surface area contributed by atoms with Gasteiger partial charge in [0.2, 0.25) is 11.8 Å². The molecule has 1 amide bonds. The largest absolute Gasteiger partial charge is 0.473 e. The number of imidazole rings is 1. The lowest BCUT2D eigenvalue weighted by Crippen LogP contribution is -2.35. The van der Waals surface area contributed by atoms with E-state index in [1.54, 1.807) is 12.1 Å². The zero-order valence-electron chi connectivity index (χ0n) is 25.8. The van der Waals surface area contributed by atoms with Crippen molar-refractivity contribution in [3.8, 4) is 5.88 Å². The minimum atomic E-state index is -0.387. The molecule has 4 aromatic rings. The number of hydrogen-bond acceptors (Lipinski definition) is 7. The second-order valence-corrected chi connectivity index (χ2v) is 12.9. The Balaban J connectivity index is 0.996. The Bertz CT molecular complexity index is 1680. The molecule has 3 aliphatic heterocycles. The SMILES string of the molecule is O=C(Nc1ccc2c(c1)nc(CN1CCC(c3cccc(OCc4ccc(Cl)cc4F)n3)CC1)n2C[C@@H]1CCO1)C1CCOCC1. The maximum absolute atomic E-state index is 14.2. The molecule has 0 bridgehead atoms. The van der Waals surface area contributed by atoms with Gasteiger partial charge in [0.1, 0.15) is 18.2 Å². The minimum absolute atomic E-state index is 0.0135. The standard InChI is InChI=1S/C35H39ClFN5O4/c36-26-5-4-25(29(37)18-26)22-46-34-3-1-2-30(40-34)23-8-13-41(14-9-23)21-33-39-31-19-27(38-35(43)24-10-15-44-16-11-24)6-7-32(31)42(33)20-28-12-17-45-28/h1-7,18-19,23-24,28H,8-17,20-22H2,(H,38,43)/t28-/m0/s1. The van der Waals surface area contributed by atoms with Crippen LogP contribution in [-0.2, 0) is 34.0 Å². The van der Waals surface area contributed by atoms with Crippen molar-refractivity contribution in [2.75, 3.05) is 38.2 Å². The smallest absolute Gasteiger partial charge is 0.227 e. The van der Waals surface area contributed by atoms with Crippen molar-refractivity contribution in [1.82, 2.24) is 19.4 Å². The molecule has 0 saturated carbocycles. The topological polar surface area (TPSA) is 90.7 Å². The highest BCUT2D eigenvalue weighted by Crippen LogP contribution is 2.30. The van der Waals surface area contributed by atoms with Crippen molar-refractivity contribution in [1.29, 1.82) is 0 Å². The first-order valence-corrected chi connectivity index (χ1v) is 16.6. The Morgan fingerprint density at radius 1 is 1.00 bits per heavy atom. The molecule has 0 aliphatic carbocycles. The van der Waals surface area contributed by atoms with E-state index in [0.717, 1.165) is 93.1 Å². The van der Waals surface area contributed by atoms with Crippen LogP contribution in [0.1, 0.15) is 55.1 Å². The van der Waals surface area contributed by atoms with Gasteiger partial charge in [0.25, 0.3) is 0 Å². The highest BCUT2D eigenvalue weighted by atomic mass is 35.5. The quantitative estimate of drug-likeness (QED) is 0.215. The highest BCUT2D eigenvalue weighted by molar-refractivity contribution is 6.30. The molecule has 0 spiro atoms. The van der Waals surface area contributed by atoms with E-state index in [-0.39, 0.29) is 30.4 Å². The van der Waals surface area contributed by atoms with Gasteiger partial charge in [0.15, 0.2) is 0 Å². The first-order chi connectivity index (χ1) is 22.5. The van der Waals surface area contributed by atoms with Crippen molar-refractivity contribution in [2.45, 2.75) is 63.8 Å². The fourth-order valence-electron chi connectivity index (χ4n) is 6.53. The Kier molecular flexibility index (Phi) is 9.48. The number of anilines is 1. The monoisotopic (exact) mass is 647 g/mol. The van der Waals surface area contributed by atoms with Gasteiger partial charge in [-0.2, -0.15) is 0 Å². The van der Waals surface area contributed by atoms with Crippen molar-refractivity contribution in [3.05, 3.63) is 82.5 Å². The van der Waals surface area contributed by atoms with Gasteiger partial charge in [0, 0.05) is 59.7 Å². The molecule has 11 heteroatoms. The molecule has 7 rings (SSSR count). The minimum Gasteiger partial charge on any atom is -0.473 e. The summed E-state index contributed by atoms with van der Waals surface area (Å²) in [6, 6.07) is 16.4. The molecule has 3 aliphatic rings. The summed E-state index contributed by atoms with van der Waals surface area (Å²) in [6.07, 6.45) is 4.70. The molecule has 5 heterocycles.